The lowest BCUT2D eigenvalue weighted by atomic mass is 10.1. The monoisotopic (exact) mass is 574 g/mol. The Balaban J connectivity index is 1.63. The minimum atomic E-state index is -4.30. The summed E-state index contributed by atoms with van der Waals surface area (Å²) in [7, 11) is -2.49. The van der Waals surface area contributed by atoms with Crippen molar-refractivity contribution in [1.29, 1.82) is 0 Å². The number of rotatable bonds is 6. The van der Waals surface area contributed by atoms with Gasteiger partial charge in [0.1, 0.15) is 0 Å². The molecule has 0 spiro atoms. The first-order valence-electron chi connectivity index (χ1n) is 12.2. The van der Waals surface area contributed by atoms with Gasteiger partial charge in [0.05, 0.1) is 27.1 Å². The van der Waals surface area contributed by atoms with Crippen LogP contribution in [0, 0.1) is 28.7 Å². The van der Waals surface area contributed by atoms with Crippen LogP contribution in [0.4, 0.5) is 26.1 Å². The Labute approximate surface area is 231 Å². The normalized spacial score (nSPS) is 11.8. The van der Waals surface area contributed by atoms with E-state index in [0.717, 1.165) is 38.8 Å². The number of aryl methyl sites for hydroxylation is 2. The Morgan fingerprint density at radius 1 is 0.951 bits per heavy atom. The number of nitrogens with one attached hydrogen (secondary N) is 1. The number of nitrogens with zero attached hydrogens (tertiary/aromatic N) is 5. The number of para-hydroxylation sites is 1. The summed E-state index contributed by atoms with van der Waals surface area (Å²) in [4.78, 5) is 19.2. The van der Waals surface area contributed by atoms with Gasteiger partial charge in [-0.15, -0.1) is 0 Å². The van der Waals surface area contributed by atoms with Gasteiger partial charge in [0, 0.05) is 41.5 Å². The first-order valence-corrected chi connectivity index (χ1v) is 13.6. The number of nitro benzene ring substituents is 1. The van der Waals surface area contributed by atoms with Crippen LogP contribution in [0.3, 0.4) is 0 Å². The Hall–Kier alpha value is -5.17. The van der Waals surface area contributed by atoms with Crippen molar-refractivity contribution in [3.8, 4) is 11.3 Å². The third-order valence-electron chi connectivity index (χ3n) is 6.70. The largest absolute Gasteiger partial charge is 0.350 e. The summed E-state index contributed by atoms with van der Waals surface area (Å²) in [5.74, 6) is -2.07. The van der Waals surface area contributed by atoms with E-state index in [-0.39, 0.29) is 33.3 Å². The summed E-state index contributed by atoms with van der Waals surface area (Å²) in [6.07, 6.45) is 2.58. The number of fused-ring (bicyclic) bond motifs is 2. The summed E-state index contributed by atoms with van der Waals surface area (Å²) in [5.41, 5.74) is 1.32. The zero-order valence-electron chi connectivity index (χ0n) is 21.5. The number of anilines is 2. The third kappa shape index (κ3) is 4.36. The van der Waals surface area contributed by atoms with Crippen molar-refractivity contribution in [3.63, 3.8) is 0 Å². The van der Waals surface area contributed by atoms with Gasteiger partial charge in [-0.05, 0) is 37.3 Å². The molecule has 0 aliphatic carbocycles. The molecule has 3 aromatic heterocycles. The van der Waals surface area contributed by atoms with Crippen molar-refractivity contribution >= 4 is 49.3 Å². The zero-order valence-corrected chi connectivity index (χ0v) is 22.4. The lowest BCUT2D eigenvalue weighted by Gasteiger charge is -2.11. The lowest BCUT2D eigenvalue weighted by Crippen LogP contribution is -2.13. The Bertz CT molecular complexity index is 2120. The molecule has 0 bridgehead atoms. The van der Waals surface area contributed by atoms with Gasteiger partial charge in [0.25, 0.3) is 10.0 Å². The van der Waals surface area contributed by atoms with Crippen LogP contribution >= 0.6 is 0 Å². The molecule has 0 radical (unpaired) electrons. The van der Waals surface area contributed by atoms with Gasteiger partial charge in [-0.3, -0.25) is 10.1 Å². The lowest BCUT2D eigenvalue weighted by molar-refractivity contribution is -0.387. The Morgan fingerprint density at radius 3 is 2.41 bits per heavy atom. The first-order chi connectivity index (χ1) is 19.5. The van der Waals surface area contributed by atoms with Crippen LogP contribution in [0.1, 0.15) is 5.56 Å². The average Bonchev–Trinajstić information content (AvgIpc) is 3.47. The van der Waals surface area contributed by atoms with E-state index in [1.54, 1.807) is 18.3 Å². The molecule has 0 aliphatic heterocycles. The Morgan fingerprint density at radius 2 is 1.68 bits per heavy atom. The van der Waals surface area contributed by atoms with E-state index >= 15 is 4.39 Å². The molecular weight excluding hydrogens is 554 g/mol. The third-order valence-corrected chi connectivity index (χ3v) is 8.36. The Kier molecular flexibility index (Phi) is 6.03. The minimum absolute atomic E-state index is 0.0706. The van der Waals surface area contributed by atoms with E-state index in [1.165, 1.54) is 18.2 Å². The summed E-state index contributed by atoms with van der Waals surface area (Å²) in [5, 5.41) is 14.7. The maximum Gasteiger partial charge on any atom is 0.306 e. The van der Waals surface area contributed by atoms with Gasteiger partial charge in [-0.1, -0.05) is 35.9 Å². The highest BCUT2D eigenvalue weighted by atomic mass is 32.2. The molecule has 3 heterocycles. The quantitative estimate of drug-likeness (QED) is 0.189. The van der Waals surface area contributed by atoms with E-state index in [4.69, 9.17) is 0 Å². The maximum atomic E-state index is 15.7. The van der Waals surface area contributed by atoms with Gasteiger partial charge in [-0.2, -0.15) is 9.37 Å². The van der Waals surface area contributed by atoms with Gasteiger partial charge < -0.3 is 9.88 Å². The van der Waals surface area contributed by atoms with E-state index in [0.29, 0.717) is 5.56 Å². The van der Waals surface area contributed by atoms with Crippen molar-refractivity contribution in [1.82, 2.24) is 18.5 Å². The highest BCUT2D eigenvalue weighted by Crippen LogP contribution is 2.37. The molecule has 0 unspecified atom stereocenters. The van der Waals surface area contributed by atoms with Crippen molar-refractivity contribution in [2.45, 2.75) is 11.8 Å². The summed E-state index contributed by atoms with van der Waals surface area (Å²) < 4.78 is 59.6. The molecule has 0 amide bonds. The SMILES string of the molecule is Cc1ccc(S(=O)(=O)n2cc(F)c3c(-c4cn(C)c5ccccc45)nc(Nc4ccc(F)c([N+](=O)[O-])c4)nc32)cc1. The molecule has 206 valence electrons. The average molecular weight is 575 g/mol. The number of hydrogen-bond acceptors (Lipinski definition) is 7. The van der Waals surface area contributed by atoms with Crippen LogP contribution < -0.4 is 5.32 Å². The maximum absolute atomic E-state index is 15.7. The highest BCUT2D eigenvalue weighted by Gasteiger charge is 2.27. The molecule has 41 heavy (non-hydrogen) atoms. The number of halogens is 2. The topological polar surface area (TPSA) is 125 Å². The fourth-order valence-electron chi connectivity index (χ4n) is 4.70. The molecule has 3 aromatic carbocycles. The predicted molar refractivity (Wildman–Crippen MR) is 149 cm³/mol. The van der Waals surface area contributed by atoms with E-state index in [1.807, 2.05) is 42.8 Å². The molecule has 13 heteroatoms. The second kappa shape index (κ2) is 9.48. The molecule has 6 rings (SSSR count). The van der Waals surface area contributed by atoms with Crippen LogP contribution in [0.15, 0.2) is 84.0 Å². The smallest absolute Gasteiger partial charge is 0.306 e. The molecule has 10 nitrogen and oxygen atoms in total. The molecule has 0 atom stereocenters. The standard InChI is InChI=1S/C28H20F2N6O4S/c1-16-7-10-18(11-8-16)41(39,40)35-15-22(30)25-26(20-14-34(2)23-6-4-3-5-19(20)23)32-28(33-27(25)35)31-17-9-12-21(29)24(13-17)36(37)38/h3-15H,1-2H3,(H,31,32,33). The van der Waals surface area contributed by atoms with Crippen LogP contribution in [0.25, 0.3) is 33.2 Å². The molecule has 0 saturated heterocycles. The fourth-order valence-corrected chi connectivity index (χ4v) is 6.00. The molecule has 1 N–H and O–H groups in total. The number of aromatic nitrogens is 4. The van der Waals surface area contributed by atoms with Gasteiger partial charge in [0.2, 0.25) is 11.8 Å². The molecule has 0 aliphatic rings. The van der Waals surface area contributed by atoms with Crippen LogP contribution in [-0.4, -0.2) is 31.8 Å². The van der Waals surface area contributed by atoms with Crippen molar-refractivity contribution in [2.75, 3.05) is 5.32 Å². The van der Waals surface area contributed by atoms with Gasteiger partial charge in [-0.25, -0.2) is 21.8 Å². The number of nitro groups is 1. The van der Waals surface area contributed by atoms with Gasteiger partial charge in [0.15, 0.2) is 11.5 Å². The van der Waals surface area contributed by atoms with E-state index in [2.05, 4.69) is 15.3 Å². The number of benzene rings is 3. The van der Waals surface area contributed by atoms with E-state index < -0.39 is 32.3 Å². The summed E-state index contributed by atoms with van der Waals surface area (Å²) >= 11 is 0. The summed E-state index contributed by atoms with van der Waals surface area (Å²) in [6, 6.07) is 16.6. The molecule has 6 aromatic rings. The van der Waals surface area contributed by atoms with Crippen molar-refractivity contribution < 1.29 is 22.1 Å². The van der Waals surface area contributed by atoms with Crippen LogP contribution in [0.5, 0.6) is 0 Å². The van der Waals surface area contributed by atoms with Crippen molar-refractivity contribution in [2.24, 2.45) is 7.05 Å². The van der Waals surface area contributed by atoms with Gasteiger partial charge >= 0.3 is 5.69 Å². The minimum Gasteiger partial charge on any atom is -0.350 e. The zero-order chi connectivity index (χ0) is 29.1. The van der Waals surface area contributed by atoms with Crippen LogP contribution in [0.2, 0.25) is 0 Å². The van der Waals surface area contributed by atoms with E-state index in [9.17, 15) is 22.9 Å². The number of hydrogen-bond donors (Lipinski definition) is 1. The van der Waals surface area contributed by atoms with Crippen molar-refractivity contribution in [3.05, 3.63) is 106 Å². The second-order valence-electron chi connectivity index (χ2n) is 9.40. The predicted octanol–water partition coefficient (Wildman–Crippen LogP) is 6.07. The molecule has 0 saturated carbocycles. The first kappa shape index (κ1) is 26.1. The summed E-state index contributed by atoms with van der Waals surface area (Å²) in [6.45, 7) is 1.81. The molecule has 0 fully saturated rings. The molecular formula is C28H20F2N6O4S. The fraction of sp³-hybridized carbons (Fsp3) is 0.0714. The second-order valence-corrected chi connectivity index (χ2v) is 11.2. The van der Waals surface area contributed by atoms with Crippen LogP contribution in [-0.2, 0) is 17.1 Å². The highest BCUT2D eigenvalue weighted by molar-refractivity contribution is 7.90.